The number of carbonyl (C=O) groups excluding carboxylic acids is 1. The SMILES string of the molecule is CC(=O)/C=C/c1ccsc1. The standard InChI is InChI=1S/C8H8OS/c1-7(9)2-3-8-4-5-10-6-8/h2-6H,1H3/b3-2+. The number of hydrogen-bond donors (Lipinski definition) is 0. The van der Waals surface area contributed by atoms with Gasteiger partial charge < -0.3 is 0 Å². The van der Waals surface area contributed by atoms with Crippen LogP contribution in [0.5, 0.6) is 0 Å². The van der Waals surface area contributed by atoms with Gasteiger partial charge in [-0.05, 0) is 35.4 Å². The van der Waals surface area contributed by atoms with Crippen molar-refractivity contribution >= 4 is 23.2 Å². The van der Waals surface area contributed by atoms with Crippen molar-refractivity contribution in [2.24, 2.45) is 0 Å². The topological polar surface area (TPSA) is 17.1 Å². The molecule has 0 aliphatic rings. The highest BCUT2D eigenvalue weighted by Gasteiger charge is 1.85. The molecule has 0 bridgehead atoms. The van der Waals surface area contributed by atoms with Crippen LogP contribution in [0.15, 0.2) is 22.9 Å². The van der Waals surface area contributed by atoms with Gasteiger partial charge in [0.25, 0.3) is 0 Å². The number of ketones is 1. The van der Waals surface area contributed by atoms with Gasteiger partial charge in [0.2, 0.25) is 0 Å². The average Bonchev–Trinajstić information content (AvgIpc) is 2.34. The van der Waals surface area contributed by atoms with Crippen LogP contribution in [-0.2, 0) is 4.79 Å². The van der Waals surface area contributed by atoms with E-state index in [1.54, 1.807) is 24.3 Å². The molecule has 52 valence electrons. The molecule has 0 unspecified atom stereocenters. The largest absolute Gasteiger partial charge is 0.295 e. The Hall–Kier alpha value is -0.890. The van der Waals surface area contributed by atoms with Crippen LogP contribution in [0.1, 0.15) is 12.5 Å². The second-order valence-electron chi connectivity index (χ2n) is 2.00. The van der Waals surface area contributed by atoms with Crippen molar-refractivity contribution in [3.63, 3.8) is 0 Å². The molecular formula is C8H8OS. The monoisotopic (exact) mass is 152 g/mol. The van der Waals surface area contributed by atoms with E-state index in [0.717, 1.165) is 5.56 Å². The summed E-state index contributed by atoms with van der Waals surface area (Å²) < 4.78 is 0. The molecule has 0 saturated heterocycles. The van der Waals surface area contributed by atoms with Gasteiger partial charge in [-0.15, -0.1) is 0 Å². The van der Waals surface area contributed by atoms with Crippen molar-refractivity contribution in [1.29, 1.82) is 0 Å². The summed E-state index contributed by atoms with van der Waals surface area (Å²) in [5, 5.41) is 3.99. The molecule has 10 heavy (non-hydrogen) atoms. The van der Waals surface area contributed by atoms with Crippen LogP contribution in [0, 0.1) is 0 Å². The van der Waals surface area contributed by atoms with Crippen molar-refractivity contribution < 1.29 is 4.79 Å². The molecule has 0 fully saturated rings. The Bertz CT molecular complexity index is 234. The lowest BCUT2D eigenvalue weighted by atomic mass is 10.3. The minimum atomic E-state index is 0.0891. The molecule has 1 rings (SSSR count). The Morgan fingerprint density at radius 2 is 2.50 bits per heavy atom. The van der Waals surface area contributed by atoms with Gasteiger partial charge in [0.15, 0.2) is 5.78 Å². The van der Waals surface area contributed by atoms with Gasteiger partial charge in [0.05, 0.1) is 0 Å². The van der Waals surface area contributed by atoms with Gasteiger partial charge in [0, 0.05) is 0 Å². The van der Waals surface area contributed by atoms with Crippen molar-refractivity contribution in [3.8, 4) is 0 Å². The zero-order valence-corrected chi connectivity index (χ0v) is 6.52. The Morgan fingerprint density at radius 1 is 1.70 bits per heavy atom. The van der Waals surface area contributed by atoms with E-state index in [0.29, 0.717) is 0 Å². The molecule has 0 spiro atoms. The third kappa shape index (κ3) is 2.15. The summed E-state index contributed by atoms with van der Waals surface area (Å²) in [7, 11) is 0. The van der Waals surface area contributed by atoms with Crippen LogP contribution < -0.4 is 0 Å². The molecule has 0 aliphatic carbocycles. The quantitative estimate of drug-likeness (QED) is 0.594. The van der Waals surface area contributed by atoms with Crippen LogP contribution in [0.25, 0.3) is 6.08 Å². The maximum Gasteiger partial charge on any atom is 0.152 e. The number of thiophene rings is 1. The summed E-state index contributed by atoms with van der Waals surface area (Å²) in [6.07, 6.45) is 3.39. The third-order valence-corrected chi connectivity index (χ3v) is 1.76. The van der Waals surface area contributed by atoms with Gasteiger partial charge in [-0.2, -0.15) is 11.3 Å². The molecule has 0 aromatic carbocycles. The van der Waals surface area contributed by atoms with Crippen molar-refractivity contribution in [3.05, 3.63) is 28.5 Å². The van der Waals surface area contributed by atoms with Gasteiger partial charge in [-0.3, -0.25) is 4.79 Å². The van der Waals surface area contributed by atoms with E-state index in [-0.39, 0.29) is 5.78 Å². The summed E-state index contributed by atoms with van der Waals surface area (Å²) in [6.45, 7) is 1.54. The molecule has 0 aliphatic heterocycles. The third-order valence-electron chi connectivity index (χ3n) is 1.05. The number of allylic oxidation sites excluding steroid dienone is 1. The van der Waals surface area contributed by atoms with Crippen LogP contribution in [-0.4, -0.2) is 5.78 Å². The maximum atomic E-state index is 10.5. The molecule has 0 saturated carbocycles. The van der Waals surface area contributed by atoms with E-state index in [1.807, 2.05) is 22.9 Å². The predicted octanol–water partition coefficient (Wildman–Crippen LogP) is 2.35. The smallest absolute Gasteiger partial charge is 0.152 e. The Labute approximate surface area is 64.0 Å². The number of rotatable bonds is 2. The summed E-state index contributed by atoms with van der Waals surface area (Å²) >= 11 is 1.63. The van der Waals surface area contributed by atoms with Crippen LogP contribution in [0.2, 0.25) is 0 Å². The summed E-state index contributed by atoms with van der Waals surface area (Å²) in [5.74, 6) is 0.0891. The second kappa shape index (κ2) is 3.32. The molecule has 1 heterocycles. The highest BCUT2D eigenvalue weighted by atomic mass is 32.1. The molecule has 1 aromatic heterocycles. The van der Waals surface area contributed by atoms with Crippen LogP contribution in [0.3, 0.4) is 0 Å². The molecule has 1 nitrogen and oxygen atoms in total. The van der Waals surface area contributed by atoms with Gasteiger partial charge in [0.1, 0.15) is 0 Å². The number of carbonyl (C=O) groups is 1. The molecule has 0 amide bonds. The minimum Gasteiger partial charge on any atom is -0.295 e. The average molecular weight is 152 g/mol. The van der Waals surface area contributed by atoms with Crippen molar-refractivity contribution in [2.45, 2.75) is 6.92 Å². The second-order valence-corrected chi connectivity index (χ2v) is 2.78. The Morgan fingerprint density at radius 3 is 3.00 bits per heavy atom. The van der Waals surface area contributed by atoms with E-state index in [2.05, 4.69) is 0 Å². The normalized spacial score (nSPS) is 10.5. The van der Waals surface area contributed by atoms with Crippen molar-refractivity contribution in [2.75, 3.05) is 0 Å². The fourth-order valence-electron chi connectivity index (χ4n) is 0.583. The molecule has 0 atom stereocenters. The zero-order valence-electron chi connectivity index (χ0n) is 5.70. The van der Waals surface area contributed by atoms with E-state index in [4.69, 9.17) is 0 Å². The fraction of sp³-hybridized carbons (Fsp3) is 0.125. The van der Waals surface area contributed by atoms with Gasteiger partial charge in [-0.1, -0.05) is 6.08 Å². The van der Waals surface area contributed by atoms with E-state index >= 15 is 0 Å². The van der Waals surface area contributed by atoms with Crippen LogP contribution in [0.4, 0.5) is 0 Å². The lowest BCUT2D eigenvalue weighted by molar-refractivity contribution is -0.112. The van der Waals surface area contributed by atoms with Crippen molar-refractivity contribution in [1.82, 2.24) is 0 Å². The van der Waals surface area contributed by atoms with Gasteiger partial charge >= 0.3 is 0 Å². The van der Waals surface area contributed by atoms with E-state index in [1.165, 1.54) is 0 Å². The first-order valence-corrected chi connectivity index (χ1v) is 3.94. The molecular weight excluding hydrogens is 144 g/mol. The van der Waals surface area contributed by atoms with Crippen LogP contribution >= 0.6 is 11.3 Å². The lowest BCUT2D eigenvalue weighted by Crippen LogP contribution is -1.77. The fourth-order valence-corrected chi connectivity index (χ4v) is 1.21. The summed E-state index contributed by atoms with van der Waals surface area (Å²) in [6, 6.07) is 1.98. The molecule has 0 N–H and O–H groups in total. The highest BCUT2D eigenvalue weighted by Crippen LogP contribution is 2.07. The first kappa shape index (κ1) is 7.22. The van der Waals surface area contributed by atoms with E-state index < -0.39 is 0 Å². The number of hydrogen-bond acceptors (Lipinski definition) is 2. The first-order valence-electron chi connectivity index (χ1n) is 3.00. The Balaban J connectivity index is 2.64. The minimum absolute atomic E-state index is 0.0891. The molecule has 0 radical (unpaired) electrons. The summed E-state index contributed by atoms with van der Waals surface area (Å²) in [5.41, 5.74) is 1.10. The lowest BCUT2D eigenvalue weighted by Gasteiger charge is -1.79. The molecule has 1 aromatic rings. The Kier molecular flexibility index (Phi) is 2.40. The molecule has 2 heteroatoms. The highest BCUT2D eigenvalue weighted by molar-refractivity contribution is 7.08. The summed E-state index contributed by atoms with van der Waals surface area (Å²) in [4.78, 5) is 10.5. The van der Waals surface area contributed by atoms with Gasteiger partial charge in [-0.25, -0.2) is 0 Å². The first-order chi connectivity index (χ1) is 4.79. The maximum absolute atomic E-state index is 10.5. The predicted molar refractivity (Wildman–Crippen MR) is 44.0 cm³/mol. The zero-order chi connectivity index (χ0) is 7.40. The van der Waals surface area contributed by atoms with E-state index in [9.17, 15) is 4.79 Å².